The molecule has 12 aromatic rings. The van der Waals surface area contributed by atoms with Gasteiger partial charge in [0.1, 0.15) is 91.8 Å². The van der Waals surface area contributed by atoms with Gasteiger partial charge in [-0.3, -0.25) is 42.0 Å². The van der Waals surface area contributed by atoms with Crippen LogP contribution in [0.1, 0.15) is 151 Å². The number of nitrogens with two attached hydrogens (primary N) is 3. The molecule has 28 heteroatoms. The van der Waals surface area contributed by atoms with Crippen molar-refractivity contribution in [2.75, 3.05) is 66.9 Å². The minimum Gasteiger partial charge on any atom is -0.382 e. The molecular weight excluding hydrogens is 1440 g/mol. The minimum atomic E-state index is -0.485. The van der Waals surface area contributed by atoms with E-state index in [2.05, 4.69) is 69.5 Å². The van der Waals surface area contributed by atoms with Crippen molar-refractivity contribution in [2.24, 2.45) is 11.8 Å². The summed E-state index contributed by atoms with van der Waals surface area (Å²) in [4.78, 5) is 123. The molecule has 5 amide bonds. The van der Waals surface area contributed by atoms with Crippen molar-refractivity contribution in [3.63, 3.8) is 0 Å². The summed E-state index contributed by atoms with van der Waals surface area (Å²) in [6, 6.07) is 33.8. The van der Waals surface area contributed by atoms with Gasteiger partial charge in [0, 0.05) is 139 Å². The number of anilines is 6. The molecule has 27 nitrogen and oxygen atoms in total. The number of halogens is 1. The number of nitrogen functional groups attached to an aromatic ring is 3. The average Bonchev–Trinajstić information content (AvgIpc) is 1.61. The lowest BCUT2D eigenvalue weighted by atomic mass is 9.76. The van der Waals surface area contributed by atoms with Gasteiger partial charge in [-0.25, -0.2) is 49.2 Å². The van der Waals surface area contributed by atoms with E-state index < -0.39 is 11.7 Å². The largest absolute Gasteiger partial charge is 0.382 e. The molecule has 9 aromatic heterocycles. The van der Waals surface area contributed by atoms with Crippen LogP contribution >= 0.6 is 0 Å². The fourth-order valence-corrected chi connectivity index (χ4v) is 14.5. The highest BCUT2D eigenvalue weighted by Crippen LogP contribution is 2.43. The third-order valence-electron chi connectivity index (χ3n) is 20.2. The SMILES string of the molecule is CCCC#CC(=O)N1CCC[C@H]1c1nc(-c2ccc(C(=O)Nc3ccccn3)cc2)c2c(N)nccn12.CN(C)C/C=C/C(=O)C1CCCC[C@H]1c1nc(-c2ccc(C(=O)Nc3cc(F)ccn3)cc2)c2c(N)nccn12.Nc1nccn2c([C@@H]3CCCN3C(=O)C#CC3CC3)nc(-c3ccc(C(=O)Nc4ccccn4)cc3)c12. The van der Waals surface area contributed by atoms with Gasteiger partial charge >= 0.3 is 0 Å². The van der Waals surface area contributed by atoms with E-state index in [0.717, 1.165) is 111 Å². The number of rotatable bonds is 17. The zero-order valence-corrected chi connectivity index (χ0v) is 63.2. The van der Waals surface area contributed by atoms with Gasteiger partial charge in [-0.15, -0.1) is 0 Å². The first kappa shape index (κ1) is 76.9. The summed E-state index contributed by atoms with van der Waals surface area (Å²) < 4.78 is 19.3. The number of nitrogens with one attached hydrogen (secondary N) is 3. The molecule has 9 N–H and O–H groups in total. The number of allylic oxidation sites excluding steroid dienone is 1. The molecule has 2 saturated heterocycles. The van der Waals surface area contributed by atoms with Gasteiger partial charge in [-0.05, 0) is 157 Å². The number of carbonyl (C=O) groups excluding carboxylic acids is 6. The molecule has 3 aromatic carbocycles. The van der Waals surface area contributed by atoms with E-state index >= 15 is 0 Å². The van der Waals surface area contributed by atoms with E-state index in [1.807, 2.05) is 105 Å². The first-order chi connectivity index (χ1) is 55.5. The van der Waals surface area contributed by atoms with Crippen molar-refractivity contribution in [2.45, 2.75) is 102 Å². The molecule has 0 radical (unpaired) electrons. The first-order valence-corrected chi connectivity index (χ1v) is 38.0. The number of nitrogens with zero attached hydrogens (tertiary/aromatic N) is 15. The Balaban J connectivity index is 0.000000142. The molecule has 2 saturated carbocycles. The second-order valence-corrected chi connectivity index (χ2v) is 28.4. The number of benzene rings is 3. The molecule has 4 aliphatic rings. The van der Waals surface area contributed by atoms with Gasteiger partial charge in [0.15, 0.2) is 5.78 Å². The van der Waals surface area contributed by atoms with Crippen molar-refractivity contribution in [3.05, 3.63) is 229 Å². The molecule has 16 rings (SSSR count). The zero-order valence-electron chi connectivity index (χ0n) is 63.2. The summed E-state index contributed by atoms with van der Waals surface area (Å²) in [5.41, 5.74) is 26.6. The molecule has 4 fully saturated rings. The van der Waals surface area contributed by atoms with Crippen molar-refractivity contribution < 1.29 is 33.2 Å². The summed E-state index contributed by atoms with van der Waals surface area (Å²) in [6.07, 6.45) is 29.3. The molecule has 11 heterocycles. The number of imidazole rings is 3. The Hall–Kier alpha value is -13.9. The van der Waals surface area contributed by atoms with Crippen LogP contribution in [0.15, 0.2) is 189 Å². The van der Waals surface area contributed by atoms with Crippen LogP contribution in [0.3, 0.4) is 0 Å². The van der Waals surface area contributed by atoms with Crippen LogP contribution in [-0.4, -0.2) is 142 Å². The highest BCUT2D eigenvalue weighted by Gasteiger charge is 2.38. The van der Waals surface area contributed by atoms with Crippen molar-refractivity contribution in [1.82, 2.24) is 72.8 Å². The van der Waals surface area contributed by atoms with Crippen LogP contribution in [0, 0.1) is 41.3 Å². The number of fused-ring (bicyclic) bond motifs is 3. The number of likely N-dealkylation sites (N-methyl/N-ethyl adjacent to an activating group) is 1. The van der Waals surface area contributed by atoms with Crippen LogP contribution in [-0.2, 0) is 14.4 Å². The molecule has 114 heavy (non-hydrogen) atoms. The third-order valence-corrected chi connectivity index (χ3v) is 20.2. The summed E-state index contributed by atoms with van der Waals surface area (Å²) in [5.74, 6) is 14.5. The Kier molecular flexibility index (Phi) is 23.6. The lowest BCUT2D eigenvalue weighted by Crippen LogP contribution is -2.30. The lowest BCUT2D eigenvalue weighted by Gasteiger charge is -2.29. The smallest absolute Gasteiger partial charge is 0.299 e. The van der Waals surface area contributed by atoms with E-state index in [1.54, 1.807) is 115 Å². The average molecular weight is 1530 g/mol. The predicted octanol–water partition coefficient (Wildman–Crippen LogP) is 12.5. The van der Waals surface area contributed by atoms with Crippen LogP contribution in [0.5, 0.6) is 0 Å². The maximum atomic E-state index is 13.5. The number of likely N-dealkylation sites (tertiary alicyclic amines) is 2. The molecule has 4 atom stereocenters. The summed E-state index contributed by atoms with van der Waals surface area (Å²) >= 11 is 0. The van der Waals surface area contributed by atoms with Crippen LogP contribution in [0.2, 0.25) is 0 Å². The summed E-state index contributed by atoms with van der Waals surface area (Å²) in [5, 5.41) is 8.17. The lowest BCUT2D eigenvalue weighted by molar-refractivity contribution is -0.126. The quantitative estimate of drug-likeness (QED) is 0.0364. The molecule has 576 valence electrons. The van der Waals surface area contributed by atoms with E-state index in [0.29, 0.717) is 111 Å². The van der Waals surface area contributed by atoms with Gasteiger partial charge in [0.05, 0.1) is 12.1 Å². The number of ketones is 1. The Labute approximate surface area is 656 Å². The highest BCUT2D eigenvalue weighted by atomic mass is 19.1. The van der Waals surface area contributed by atoms with Crippen molar-refractivity contribution >= 4 is 86.8 Å². The number of aromatic nitrogens is 12. The van der Waals surface area contributed by atoms with E-state index in [9.17, 15) is 33.2 Å². The second kappa shape index (κ2) is 35.0. The fraction of sp³-hybridized carbons (Fsp3) is 0.267. The summed E-state index contributed by atoms with van der Waals surface area (Å²) in [6.45, 7) is 4.02. The molecular formula is C86H84FN21O6. The van der Waals surface area contributed by atoms with Crippen LogP contribution < -0.4 is 33.2 Å². The monoisotopic (exact) mass is 1530 g/mol. The first-order valence-electron chi connectivity index (χ1n) is 38.0. The Bertz CT molecular complexity index is 5730. The maximum absolute atomic E-state index is 13.5. The van der Waals surface area contributed by atoms with Crippen molar-refractivity contribution in [1.29, 1.82) is 0 Å². The molecule has 2 aliphatic heterocycles. The maximum Gasteiger partial charge on any atom is 0.299 e. The Morgan fingerprint density at radius 2 is 0.956 bits per heavy atom. The van der Waals surface area contributed by atoms with Gasteiger partial charge in [-0.2, -0.15) is 0 Å². The Morgan fingerprint density at radius 3 is 1.40 bits per heavy atom. The molecule has 0 bridgehead atoms. The standard InChI is InChI=1S/C30H32FN7O2.C28H25N7O2.C28H27N7O2/c1-37(2)16-5-8-24(39)22-6-3-4-7-23(22)29-36-26(27-28(32)34-15-17-38(27)29)19-9-11-20(12-10-19)30(40)35-25-18-21(31)13-14-33-25;29-26-25-24(19-9-11-20(12-10-19)28(37)32-22-5-1-2-14-30-22)33-27(35(25)17-15-31-26)21-4-3-16-34(21)23(36)13-8-18-6-7-18;1-2-3-4-10-23(36)34-17-7-8-21(34)27-33-24(25-26(29)31-16-18-35(25)27)19-11-13-20(14-12-19)28(37)32-22-9-5-6-15-30-22/h5,8-15,17-18,22-23H,3-4,6-7,16H2,1-2H3,(H2,32,34)(H,33,35,40);1-2,5,9-12,14-15,17-18,21H,3-4,6-7,16H2,(H2,29,31)(H,30,32,37);5-6,9,11-16,18,21H,2-3,7-8,17H2,1H3,(H2,29,31)(H,30,32,37)/b8-5+;;/t22?,23-;2*21-/m100/s1. The van der Waals surface area contributed by atoms with E-state index in [4.69, 9.17) is 32.2 Å². The number of pyridine rings is 3. The van der Waals surface area contributed by atoms with Crippen LogP contribution in [0.4, 0.5) is 39.3 Å². The van der Waals surface area contributed by atoms with Crippen molar-refractivity contribution in [3.8, 4) is 57.5 Å². The van der Waals surface area contributed by atoms with Gasteiger partial charge in [0.25, 0.3) is 29.5 Å². The number of amides is 5. The summed E-state index contributed by atoms with van der Waals surface area (Å²) in [7, 11) is 3.94. The normalized spacial score (nSPS) is 16.4. The fourth-order valence-electron chi connectivity index (χ4n) is 14.5. The van der Waals surface area contributed by atoms with Gasteiger partial charge in [0.2, 0.25) is 0 Å². The molecule has 1 unspecified atom stereocenters. The number of hydrogen-bond acceptors (Lipinski definition) is 19. The highest BCUT2D eigenvalue weighted by molar-refractivity contribution is 6.06. The third kappa shape index (κ3) is 17.5. The number of hydrogen-bond donors (Lipinski definition) is 6. The van der Waals surface area contributed by atoms with Gasteiger partial charge in [-0.1, -0.05) is 86.2 Å². The van der Waals surface area contributed by atoms with E-state index in [-0.39, 0.29) is 59.1 Å². The van der Waals surface area contributed by atoms with E-state index in [1.165, 1.54) is 12.3 Å². The van der Waals surface area contributed by atoms with Gasteiger partial charge < -0.3 is 47.9 Å². The number of carbonyl (C=O) groups is 6. The predicted molar refractivity (Wildman–Crippen MR) is 433 cm³/mol. The number of unbranched alkanes of at least 4 members (excludes halogenated alkanes) is 1. The topological polar surface area (TPSA) is 356 Å². The van der Waals surface area contributed by atoms with Crippen LogP contribution in [0.25, 0.3) is 50.3 Å². The Morgan fingerprint density at radius 1 is 0.509 bits per heavy atom. The zero-order chi connectivity index (χ0) is 79.4. The second-order valence-electron chi connectivity index (χ2n) is 28.4. The minimum absolute atomic E-state index is 0.0582. The molecule has 2 aliphatic carbocycles. The molecule has 0 spiro atoms.